The van der Waals surface area contributed by atoms with Crippen molar-refractivity contribution in [2.45, 2.75) is 20.3 Å². The third kappa shape index (κ3) is 0.850. The van der Waals surface area contributed by atoms with Crippen LogP contribution < -0.4 is 0 Å². The Bertz CT molecular complexity index is 138. The van der Waals surface area contributed by atoms with Gasteiger partial charge < -0.3 is 0 Å². The monoisotopic (exact) mass is 108 g/mol. The van der Waals surface area contributed by atoms with Gasteiger partial charge in [-0.2, -0.15) is 0 Å². The summed E-state index contributed by atoms with van der Waals surface area (Å²) in [5.41, 5.74) is 4.27. The molecule has 0 aromatic carbocycles. The van der Waals surface area contributed by atoms with E-state index in [0.29, 0.717) is 0 Å². The zero-order valence-corrected chi connectivity index (χ0v) is 5.57. The van der Waals surface area contributed by atoms with E-state index in [1.807, 2.05) is 0 Å². The summed E-state index contributed by atoms with van der Waals surface area (Å²) in [5.74, 6) is 1.73. The van der Waals surface area contributed by atoms with Crippen LogP contribution in [0, 0.1) is 11.8 Å². The topological polar surface area (TPSA) is 0 Å². The van der Waals surface area contributed by atoms with Crippen LogP contribution in [0.2, 0.25) is 0 Å². The summed E-state index contributed by atoms with van der Waals surface area (Å²) in [6.45, 7) is 7.98. The highest BCUT2D eigenvalue weighted by atomic mass is 14.4. The van der Waals surface area contributed by atoms with Gasteiger partial charge in [0.1, 0.15) is 0 Å². The van der Waals surface area contributed by atoms with Crippen molar-refractivity contribution in [3.05, 3.63) is 17.9 Å². The molecule has 1 saturated carbocycles. The Morgan fingerprint density at radius 2 is 2.25 bits per heavy atom. The maximum absolute atomic E-state index is 3.59. The molecule has 0 amide bonds. The number of hydrogen-bond donors (Lipinski definition) is 0. The second-order valence-electron chi connectivity index (χ2n) is 2.68. The molecule has 0 radical (unpaired) electrons. The normalized spacial score (nSPS) is 33.8. The van der Waals surface area contributed by atoms with Gasteiger partial charge in [0.05, 0.1) is 0 Å². The molecule has 0 nitrogen and oxygen atoms in total. The molecule has 2 atom stereocenters. The van der Waals surface area contributed by atoms with Crippen LogP contribution in [0.4, 0.5) is 0 Å². The van der Waals surface area contributed by atoms with E-state index in [2.05, 4.69) is 26.2 Å². The molecule has 2 unspecified atom stereocenters. The molecular formula is C8H12. The van der Waals surface area contributed by atoms with Gasteiger partial charge in [0.2, 0.25) is 0 Å². The lowest BCUT2D eigenvalue weighted by atomic mass is 10.2. The molecule has 1 fully saturated rings. The molecule has 0 bridgehead atoms. The molecule has 0 saturated heterocycles. The summed E-state index contributed by atoms with van der Waals surface area (Å²) >= 11 is 0. The van der Waals surface area contributed by atoms with E-state index in [-0.39, 0.29) is 0 Å². The Balaban J connectivity index is 2.51. The van der Waals surface area contributed by atoms with Gasteiger partial charge in [-0.05, 0) is 30.8 Å². The molecule has 0 heterocycles. The maximum Gasteiger partial charge on any atom is -0.0101 e. The Morgan fingerprint density at radius 3 is 2.38 bits per heavy atom. The van der Waals surface area contributed by atoms with Crippen molar-refractivity contribution < 1.29 is 0 Å². The molecule has 44 valence electrons. The van der Waals surface area contributed by atoms with Crippen LogP contribution in [0.25, 0.3) is 0 Å². The molecule has 8 heavy (non-hydrogen) atoms. The van der Waals surface area contributed by atoms with Crippen molar-refractivity contribution in [2.75, 3.05) is 0 Å². The fourth-order valence-electron chi connectivity index (χ4n) is 1.06. The Kier molecular flexibility index (Phi) is 1.27. The second-order valence-corrected chi connectivity index (χ2v) is 2.68. The standard InChI is InChI=1S/C8H12/c1-4-6(2)8-5-7(8)3/h7-8H,1,5H2,2-3H3. The minimum atomic E-state index is 0.826. The van der Waals surface area contributed by atoms with Gasteiger partial charge in [-0.15, -0.1) is 5.73 Å². The third-order valence-corrected chi connectivity index (χ3v) is 1.94. The SMILES string of the molecule is C=C=C(C)C1CC1C. The predicted octanol–water partition coefficient (Wildman–Crippen LogP) is 2.37. The summed E-state index contributed by atoms with van der Waals surface area (Å²) < 4.78 is 0. The summed E-state index contributed by atoms with van der Waals surface area (Å²) in [7, 11) is 0. The zero-order chi connectivity index (χ0) is 6.15. The molecule has 1 aliphatic rings. The van der Waals surface area contributed by atoms with E-state index in [4.69, 9.17) is 0 Å². The zero-order valence-electron chi connectivity index (χ0n) is 5.57. The van der Waals surface area contributed by atoms with Crippen LogP contribution in [-0.4, -0.2) is 0 Å². The van der Waals surface area contributed by atoms with Gasteiger partial charge in [-0.3, -0.25) is 0 Å². The van der Waals surface area contributed by atoms with Crippen molar-refractivity contribution >= 4 is 0 Å². The first kappa shape index (κ1) is 5.65. The number of hydrogen-bond acceptors (Lipinski definition) is 0. The van der Waals surface area contributed by atoms with Gasteiger partial charge >= 0.3 is 0 Å². The van der Waals surface area contributed by atoms with Crippen LogP contribution in [-0.2, 0) is 0 Å². The van der Waals surface area contributed by atoms with E-state index in [1.54, 1.807) is 0 Å². The van der Waals surface area contributed by atoms with Gasteiger partial charge in [0.25, 0.3) is 0 Å². The average molecular weight is 108 g/mol. The molecule has 0 N–H and O–H groups in total. The molecular weight excluding hydrogens is 96.1 g/mol. The fourth-order valence-corrected chi connectivity index (χ4v) is 1.06. The molecule has 0 heteroatoms. The van der Waals surface area contributed by atoms with E-state index in [0.717, 1.165) is 11.8 Å². The Labute approximate surface area is 50.9 Å². The lowest BCUT2D eigenvalue weighted by Crippen LogP contribution is -1.76. The second kappa shape index (κ2) is 1.80. The highest BCUT2D eigenvalue weighted by molar-refractivity contribution is 5.10. The number of allylic oxidation sites excluding steroid dienone is 1. The quantitative estimate of drug-likeness (QED) is 0.452. The first-order chi connectivity index (χ1) is 3.75. The number of rotatable bonds is 1. The van der Waals surface area contributed by atoms with Crippen LogP contribution in [0.3, 0.4) is 0 Å². The summed E-state index contributed by atoms with van der Waals surface area (Å²) in [5, 5.41) is 0. The Morgan fingerprint density at radius 1 is 1.75 bits per heavy atom. The van der Waals surface area contributed by atoms with Crippen molar-refractivity contribution in [1.82, 2.24) is 0 Å². The van der Waals surface area contributed by atoms with Gasteiger partial charge in [-0.25, -0.2) is 0 Å². The van der Waals surface area contributed by atoms with Crippen LogP contribution in [0.5, 0.6) is 0 Å². The summed E-state index contributed by atoms with van der Waals surface area (Å²) in [6.07, 6.45) is 1.36. The van der Waals surface area contributed by atoms with E-state index >= 15 is 0 Å². The molecule has 0 aliphatic heterocycles. The first-order valence-electron chi connectivity index (χ1n) is 3.12. The predicted molar refractivity (Wildman–Crippen MR) is 35.6 cm³/mol. The minimum Gasteiger partial charge on any atom is -0.130 e. The Hall–Kier alpha value is -0.480. The molecule has 1 aliphatic carbocycles. The smallest absolute Gasteiger partial charge is 0.0101 e. The maximum atomic E-state index is 3.59. The summed E-state index contributed by atoms with van der Waals surface area (Å²) in [6, 6.07) is 0. The largest absolute Gasteiger partial charge is 0.130 e. The fraction of sp³-hybridized carbons (Fsp3) is 0.625. The third-order valence-electron chi connectivity index (χ3n) is 1.94. The molecule has 0 aromatic heterocycles. The van der Waals surface area contributed by atoms with Gasteiger partial charge in [0.15, 0.2) is 0 Å². The lowest BCUT2D eigenvalue weighted by molar-refractivity contribution is 0.858. The van der Waals surface area contributed by atoms with Crippen molar-refractivity contribution in [1.29, 1.82) is 0 Å². The van der Waals surface area contributed by atoms with Crippen LogP contribution in [0.1, 0.15) is 20.3 Å². The van der Waals surface area contributed by atoms with Crippen LogP contribution >= 0.6 is 0 Å². The van der Waals surface area contributed by atoms with E-state index < -0.39 is 0 Å². The van der Waals surface area contributed by atoms with Crippen molar-refractivity contribution in [3.8, 4) is 0 Å². The molecule has 1 rings (SSSR count). The lowest BCUT2D eigenvalue weighted by Gasteiger charge is -1.87. The summed E-state index contributed by atoms with van der Waals surface area (Å²) in [4.78, 5) is 0. The highest BCUT2D eigenvalue weighted by Gasteiger charge is 2.33. The van der Waals surface area contributed by atoms with E-state index in [9.17, 15) is 0 Å². The van der Waals surface area contributed by atoms with Crippen molar-refractivity contribution in [2.24, 2.45) is 11.8 Å². The van der Waals surface area contributed by atoms with Crippen LogP contribution in [0.15, 0.2) is 17.9 Å². The molecule has 0 aromatic rings. The van der Waals surface area contributed by atoms with E-state index in [1.165, 1.54) is 12.0 Å². The minimum absolute atomic E-state index is 0.826. The van der Waals surface area contributed by atoms with Gasteiger partial charge in [0, 0.05) is 0 Å². The molecule has 0 spiro atoms. The van der Waals surface area contributed by atoms with Crippen molar-refractivity contribution in [3.63, 3.8) is 0 Å². The first-order valence-corrected chi connectivity index (χ1v) is 3.12. The van der Waals surface area contributed by atoms with Gasteiger partial charge in [-0.1, -0.05) is 13.5 Å². The average Bonchev–Trinajstić information content (AvgIpc) is 2.45. The highest BCUT2D eigenvalue weighted by Crippen LogP contribution is 2.42.